The fourth-order valence-corrected chi connectivity index (χ4v) is 1.55. The van der Waals surface area contributed by atoms with Crippen LogP contribution in [0.3, 0.4) is 0 Å². The molecule has 0 aromatic carbocycles. The van der Waals surface area contributed by atoms with Crippen LogP contribution in [0.1, 0.15) is 36.8 Å². The van der Waals surface area contributed by atoms with Crippen LogP contribution in [0.25, 0.3) is 0 Å². The van der Waals surface area contributed by atoms with Gasteiger partial charge in [0.1, 0.15) is 5.76 Å². The van der Waals surface area contributed by atoms with E-state index in [1.54, 1.807) is 0 Å². The summed E-state index contributed by atoms with van der Waals surface area (Å²) in [5.74, 6) is 2.63. The fraction of sp³-hybridized carbons (Fsp3) is 0.700. The molecule has 0 radical (unpaired) electrons. The van der Waals surface area contributed by atoms with E-state index in [1.807, 2.05) is 13.2 Å². The first-order valence-corrected chi connectivity index (χ1v) is 4.99. The number of oxazole rings is 1. The van der Waals surface area contributed by atoms with Crippen LogP contribution in [0.4, 0.5) is 0 Å². The Labute approximate surface area is 78.5 Å². The summed E-state index contributed by atoms with van der Waals surface area (Å²) in [5, 5.41) is 3.08. The molecule has 0 saturated heterocycles. The number of likely N-dealkylation sites (N-methyl/N-ethyl adjacent to an activating group) is 1. The smallest absolute Gasteiger partial charge is 0.195 e. The third-order valence-corrected chi connectivity index (χ3v) is 2.67. The van der Waals surface area contributed by atoms with E-state index in [0.29, 0.717) is 5.92 Å². The highest BCUT2D eigenvalue weighted by atomic mass is 16.4. The van der Waals surface area contributed by atoms with Gasteiger partial charge in [-0.1, -0.05) is 6.42 Å². The van der Waals surface area contributed by atoms with Gasteiger partial charge in [-0.3, -0.25) is 0 Å². The largest absolute Gasteiger partial charge is 0.445 e. The van der Waals surface area contributed by atoms with Crippen LogP contribution in [0.5, 0.6) is 0 Å². The summed E-state index contributed by atoms with van der Waals surface area (Å²) < 4.78 is 5.64. The number of hydrogen-bond donors (Lipinski definition) is 1. The van der Waals surface area contributed by atoms with Crippen LogP contribution in [0, 0.1) is 0 Å². The first-order chi connectivity index (χ1) is 6.40. The molecule has 1 saturated carbocycles. The maximum Gasteiger partial charge on any atom is 0.195 e. The van der Waals surface area contributed by atoms with Crippen LogP contribution >= 0.6 is 0 Å². The van der Waals surface area contributed by atoms with Gasteiger partial charge in [-0.05, 0) is 19.9 Å². The highest BCUT2D eigenvalue weighted by Crippen LogP contribution is 2.36. The summed E-state index contributed by atoms with van der Waals surface area (Å²) in [5.41, 5.74) is 0. The molecule has 13 heavy (non-hydrogen) atoms. The lowest BCUT2D eigenvalue weighted by Gasteiger charge is -2.22. The normalized spacial score (nSPS) is 17.3. The number of nitrogens with zero attached hydrogens (tertiary/aromatic N) is 1. The van der Waals surface area contributed by atoms with Crippen molar-refractivity contribution in [2.24, 2.45) is 0 Å². The molecule has 1 aromatic heterocycles. The second-order valence-electron chi connectivity index (χ2n) is 3.64. The van der Waals surface area contributed by atoms with E-state index in [9.17, 15) is 0 Å². The molecule has 1 N–H and O–H groups in total. The molecule has 0 spiro atoms. The zero-order chi connectivity index (χ0) is 9.10. The molecular weight excluding hydrogens is 164 g/mol. The molecule has 0 bridgehead atoms. The predicted molar refractivity (Wildman–Crippen MR) is 50.7 cm³/mol. The zero-order valence-electron chi connectivity index (χ0n) is 8.05. The average molecular weight is 180 g/mol. The van der Waals surface area contributed by atoms with Gasteiger partial charge in [-0.25, -0.2) is 4.98 Å². The number of aromatic nitrogens is 1. The average Bonchev–Trinajstić information content (AvgIpc) is 2.46. The van der Waals surface area contributed by atoms with Crippen molar-refractivity contribution in [2.75, 3.05) is 13.6 Å². The maximum absolute atomic E-state index is 5.64. The Morgan fingerprint density at radius 1 is 1.62 bits per heavy atom. The Hall–Kier alpha value is -0.830. The maximum atomic E-state index is 5.64. The molecule has 1 fully saturated rings. The van der Waals surface area contributed by atoms with Crippen molar-refractivity contribution in [3.8, 4) is 0 Å². The van der Waals surface area contributed by atoms with E-state index in [0.717, 1.165) is 24.6 Å². The van der Waals surface area contributed by atoms with Gasteiger partial charge in [0.05, 0.1) is 6.20 Å². The van der Waals surface area contributed by atoms with Crippen LogP contribution in [-0.4, -0.2) is 18.6 Å². The molecule has 2 rings (SSSR count). The van der Waals surface area contributed by atoms with E-state index in [1.165, 1.54) is 19.3 Å². The van der Waals surface area contributed by atoms with Crippen LogP contribution in [-0.2, 0) is 6.42 Å². The van der Waals surface area contributed by atoms with E-state index in [4.69, 9.17) is 4.42 Å². The summed E-state index contributed by atoms with van der Waals surface area (Å²) in [7, 11) is 1.94. The summed E-state index contributed by atoms with van der Waals surface area (Å²) in [6.07, 6.45) is 6.69. The SMILES string of the molecule is CNCCc1ncc(C2CCC2)o1. The van der Waals surface area contributed by atoms with Crippen molar-refractivity contribution in [2.45, 2.75) is 31.6 Å². The Morgan fingerprint density at radius 3 is 3.08 bits per heavy atom. The topological polar surface area (TPSA) is 38.1 Å². The lowest BCUT2D eigenvalue weighted by Crippen LogP contribution is -2.10. The van der Waals surface area contributed by atoms with Crippen molar-refractivity contribution in [3.63, 3.8) is 0 Å². The van der Waals surface area contributed by atoms with Gasteiger partial charge in [0.15, 0.2) is 5.89 Å². The second kappa shape index (κ2) is 3.92. The molecule has 72 valence electrons. The zero-order valence-corrected chi connectivity index (χ0v) is 8.05. The van der Waals surface area contributed by atoms with E-state index in [2.05, 4.69) is 10.3 Å². The summed E-state index contributed by atoms with van der Waals surface area (Å²) in [4.78, 5) is 4.25. The van der Waals surface area contributed by atoms with Crippen molar-refractivity contribution >= 4 is 0 Å². The Kier molecular flexibility index (Phi) is 2.64. The standard InChI is InChI=1S/C10H16N2O/c1-11-6-5-10-12-7-9(13-10)8-3-2-4-8/h7-8,11H,2-6H2,1H3. The minimum atomic E-state index is 0.663. The quantitative estimate of drug-likeness (QED) is 0.766. The minimum Gasteiger partial charge on any atom is -0.445 e. The molecule has 0 atom stereocenters. The lowest BCUT2D eigenvalue weighted by atomic mass is 9.84. The van der Waals surface area contributed by atoms with E-state index >= 15 is 0 Å². The van der Waals surface area contributed by atoms with E-state index in [-0.39, 0.29) is 0 Å². The highest BCUT2D eigenvalue weighted by molar-refractivity contribution is 5.05. The molecular formula is C10H16N2O. The van der Waals surface area contributed by atoms with Gasteiger partial charge in [0, 0.05) is 18.9 Å². The van der Waals surface area contributed by atoms with Crippen LogP contribution in [0.2, 0.25) is 0 Å². The molecule has 1 aromatic rings. The molecule has 0 aliphatic heterocycles. The van der Waals surface area contributed by atoms with Crippen molar-refractivity contribution in [3.05, 3.63) is 17.8 Å². The summed E-state index contributed by atoms with van der Waals surface area (Å²) in [6, 6.07) is 0. The first kappa shape index (κ1) is 8.75. The second-order valence-corrected chi connectivity index (χ2v) is 3.64. The minimum absolute atomic E-state index is 0.663. The van der Waals surface area contributed by atoms with Gasteiger partial charge in [0.2, 0.25) is 0 Å². The van der Waals surface area contributed by atoms with Crippen molar-refractivity contribution in [1.82, 2.24) is 10.3 Å². The summed E-state index contributed by atoms with van der Waals surface area (Å²) >= 11 is 0. The Bertz CT molecular complexity index is 266. The van der Waals surface area contributed by atoms with Gasteiger partial charge < -0.3 is 9.73 Å². The molecule has 3 nitrogen and oxygen atoms in total. The van der Waals surface area contributed by atoms with Crippen molar-refractivity contribution < 1.29 is 4.42 Å². The first-order valence-electron chi connectivity index (χ1n) is 4.99. The van der Waals surface area contributed by atoms with Crippen molar-refractivity contribution in [1.29, 1.82) is 0 Å². The lowest BCUT2D eigenvalue weighted by molar-refractivity contribution is 0.334. The number of hydrogen-bond acceptors (Lipinski definition) is 3. The predicted octanol–water partition coefficient (Wildman–Crippen LogP) is 1.70. The Balaban J connectivity index is 1.92. The van der Waals surface area contributed by atoms with E-state index < -0.39 is 0 Å². The third-order valence-electron chi connectivity index (χ3n) is 2.67. The van der Waals surface area contributed by atoms with Gasteiger partial charge in [0.25, 0.3) is 0 Å². The molecule has 0 unspecified atom stereocenters. The molecule has 1 aliphatic carbocycles. The Morgan fingerprint density at radius 2 is 2.46 bits per heavy atom. The monoisotopic (exact) mass is 180 g/mol. The highest BCUT2D eigenvalue weighted by Gasteiger charge is 2.23. The molecule has 1 aliphatic rings. The fourth-order valence-electron chi connectivity index (χ4n) is 1.55. The van der Waals surface area contributed by atoms with Gasteiger partial charge >= 0.3 is 0 Å². The number of rotatable bonds is 4. The molecule has 3 heteroatoms. The molecule has 0 amide bonds. The van der Waals surface area contributed by atoms with Gasteiger partial charge in [-0.15, -0.1) is 0 Å². The summed E-state index contributed by atoms with van der Waals surface area (Å²) in [6.45, 7) is 0.935. The van der Waals surface area contributed by atoms with Crippen LogP contribution < -0.4 is 5.32 Å². The third kappa shape index (κ3) is 1.91. The van der Waals surface area contributed by atoms with Gasteiger partial charge in [-0.2, -0.15) is 0 Å². The molecule has 1 heterocycles. The number of nitrogens with one attached hydrogen (secondary N) is 1. The van der Waals surface area contributed by atoms with Crippen LogP contribution in [0.15, 0.2) is 10.6 Å².